The second kappa shape index (κ2) is 12.0. The van der Waals surface area contributed by atoms with E-state index in [2.05, 4.69) is 9.72 Å². The van der Waals surface area contributed by atoms with Crippen LogP contribution in [0, 0.1) is 6.92 Å². The van der Waals surface area contributed by atoms with Gasteiger partial charge in [0, 0.05) is 30.8 Å². The molecular weight excluding hydrogens is 545 g/mol. The smallest absolute Gasteiger partial charge is 0.484 e. The maximum atomic E-state index is 12.6. The summed E-state index contributed by atoms with van der Waals surface area (Å²) >= 11 is 0. The number of oxazole rings is 1. The molecule has 0 radical (unpaired) electrons. The van der Waals surface area contributed by atoms with Crippen LogP contribution in [0.4, 0.5) is 13.2 Å². The summed E-state index contributed by atoms with van der Waals surface area (Å²) in [4.78, 5) is 29.1. The van der Waals surface area contributed by atoms with Gasteiger partial charge in [-0.25, -0.2) is 9.78 Å². The van der Waals surface area contributed by atoms with Crippen molar-refractivity contribution in [2.24, 2.45) is 0 Å². The number of carbonyl (C=O) groups excluding carboxylic acids is 1. The number of carboxylic acids is 1. The van der Waals surface area contributed by atoms with Crippen LogP contribution in [-0.2, 0) is 11.4 Å². The molecule has 12 heteroatoms. The summed E-state index contributed by atoms with van der Waals surface area (Å²) in [5.41, 5.74) is 2.57. The quantitative estimate of drug-likeness (QED) is 0.249. The minimum atomic E-state index is -4.83. The van der Waals surface area contributed by atoms with Crippen molar-refractivity contribution in [3.63, 3.8) is 0 Å². The highest BCUT2D eigenvalue weighted by Gasteiger charge is 2.31. The van der Waals surface area contributed by atoms with Gasteiger partial charge in [0.2, 0.25) is 5.89 Å². The normalized spacial score (nSPS) is 11.2. The van der Waals surface area contributed by atoms with Gasteiger partial charge in [0.25, 0.3) is 5.91 Å². The summed E-state index contributed by atoms with van der Waals surface area (Å²) in [6, 6.07) is 16.7. The van der Waals surface area contributed by atoms with Crippen molar-refractivity contribution in [3.8, 4) is 39.8 Å². The van der Waals surface area contributed by atoms with E-state index in [1.807, 2.05) is 0 Å². The fourth-order valence-electron chi connectivity index (χ4n) is 3.81. The number of nitrogens with zero attached hydrogens (tertiary/aromatic N) is 2. The molecule has 41 heavy (non-hydrogen) atoms. The van der Waals surface area contributed by atoms with Crippen LogP contribution in [0.2, 0.25) is 0 Å². The second-order valence-electron chi connectivity index (χ2n) is 9.03. The minimum Gasteiger partial charge on any atom is -0.484 e. The Hall–Kier alpha value is -5.00. The number of carboxylic acid groups (broad SMARTS) is 1. The molecule has 3 aromatic carbocycles. The largest absolute Gasteiger partial charge is 0.573 e. The van der Waals surface area contributed by atoms with Gasteiger partial charge in [-0.1, -0.05) is 12.1 Å². The molecule has 1 N–H and O–H groups in total. The molecule has 4 rings (SSSR count). The summed E-state index contributed by atoms with van der Waals surface area (Å²) in [5, 5.41) is 8.80. The van der Waals surface area contributed by atoms with Gasteiger partial charge in [-0.3, -0.25) is 4.79 Å². The predicted octanol–water partition coefficient (Wildman–Crippen LogP) is 5.96. The standard InChI is InChI=1S/C29H25F3N2O7/c1-17-14-22(12-13-23(17)39-16-25(35)36)38-15-24-33-26(18-4-6-20(7-5-18)28(37)34(2)3)27(40-24)19-8-10-21(11-9-19)41-29(30,31)32/h4-14H,15-16H2,1-3H3,(H,35,36). The van der Waals surface area contributed by atoms with Crippen LogP contribution in [0.25, 0.3) is 22.6 Å². The highest BCUT2D eigenvalue weighted by Crippen LogP contribution is 2.35. The van der Waals surface area contributed by atoms with E-state index in [9.17, 15) is 22.8 Å². The van der Waals surface area contributed by atoms with Crippen molar-refractivity contribution in [2.75, 3.05) is 20.7 Å². The molecule has 0 aliphatic heterocycles. The summed E-state index contributed by atoms with van der Waals surface area (Å²) in [6.45, 7) is 1.17. The lowest BCUT2D eigenvalue weighted by Gasteiger charge is -2.10. The van der Waals surface area contributed by atoms with Crippen LogP contribution in [0.1, 0.15) is 21.8 Å². The highest BCUT2D eigenvalue weighted by atomic mass is 19.4. The van der Waals surface area contributed by atoms with Crippen LogP contribution in [-0.4, -0.2) is 53.9 Å². The zero-order valence-electron chi connectivity index (χ0n) is 22.2. The predicted molar refractivity (Wildman–Crippen MR) is 141 cm³/mol. The summed E-state index contributed by atoms with van der Waals surface area (Å²) in [7, 11) is 3.28. The van der Waals surface area contributed by atoms with Crippen molar-refractivity contribution >= 4 is 11.9 Å². The molecule has 0 atom stereocenters. The molecule has 0 unspecified atom stereocenters. The molecule has 0 bridgehead atoms. The van der Waals surface area contributed by atoms with Gasteiger partial charge >= 0.3 is 12.3 Å². The first-order chi connectivity index (χ1) is 19.4. The third-order valence-corrected chi connectivity index (χ3v) is 5.69. The van der Waals surface area contributed by atoms with Crippen molar-refractivity contribution in [3.05, 3.63) is 83.7 Å². The van der Waals surface area contributed by atoms with E-state index in [1.165, 1.54) is 29.2 Å². The maximum absolute atomic E-state index is 12.6. The fourth-order valence-corrected chi connectivity index (χ4v) is 3.81. The molecular formula is C29H25F3N2O7. The topological polar surface area (TPSA) is 111 Å². The molecule has 4 aromatic rings. The van der Waals surface area contributed by atoms with Crippen molar-refractivity contribution in [2.45, 2.75) is 19.9 Å². The van der Waals surface area contributed by atoms with Crippen LogP contribution in [0.15, 0.2) is 71.1 Å². The molecule has 1 amide bonds. The molecule has 0 spiro atoms. The zero-order valence-corrected chi connectivity index (χ0v) is 22.2. The number of hydrogen-bond acceptors (Lipinski definition) is 7. The maximum Gasteiger partial charge on any atom is 0.573 e. The number of halogens is 3. The second-order valence-corrected chi connectivity index (χ2v) is 9.03. The van der Waals surface area contributed by atoms with E-state index in [0.717, 1.165) is 0 Å². The molecule has 0 aliphatic carbocycles. The molecule has 0 saturated carbocycles. The molecule has 214 valence electrons. The van der Waals surface area contributed by atoms with E-state index in [-0.39, 0.29) is 29.9 Å². The number of aromatic nitrogens is 1. The van der Waals surface area contributed by atoms with E-state index < -0.39 is 18.9 Å². The van der Waals surface area contributed by atoms with E-state index in [1.54, 1.807) is 63.5 Å². The van der Waals surface area contributed by atoms with E-state index in [0.29, 0.717) is 39.4 Å². The number of aliphatic carboxylic acids is 1. The molecule has 9 nitrogen and oxygen atoms in total. The first-order valence-electron chi connectivity index (χ1n) is 12.2. The number of rotatable bonds is 10. The first-order valence-corrected chi connectivity index (χ1v) is 12.2. The van der Waals surface area contributed by atoms with Crippen LogP contribution in [0.3, 0.4) is 0 Å². The molecule has 1 heterocycles. The highest BCUT2D eigenvalue weighted by molar-refractivity contribution is 5.94. The number of hydrogen-bond donors (Lipinski definition) is 1. The Morgan fingerprint density at radius 3 is 2.15 bits per heavy atom. The number of aryl methyl sites for hydroxylation is 1. The summed E-state index contributed by atoms with van der Waals surface area (Å²) in [6.07, 6.45) is -4.83. The Bertz CT molecular complexity index is 1530. The van der Waals surface area contributed by atoms with Crippen LogP contribution >= 0.6 is 0 Å². The third-order valence-electron chi connectivity index (χ3n) is 5.69. The number of alkyl halides is 3. The van der Waals surface area contributed by atoms with Crippen LogP contribution in [0.5, 0.6) is 17.2 Å². The Kier molecular flexibility index (Phi) is 8.51. The molecule has 1 aromatic heterocycles. The average Bonchev–Trinajstić information content (AvgIpc) is 3.34. The van der Waals surface area contributed by atoms with Crippen molar-refractivity contribution in [1.82, 2.24) is 9.88 Å². The van der Waals surface area contributed by atoms with E-state index in [4.69, 9.17) is 19.0 Å². The fraction of sp³-hybridized carbons (Fsp3) is 0.207. The Morgan fingerprint density at radius 1 is 0.927 bits per heavy atom. The third kappa shape index (κ3) is 7.56. The lowest BCUT2D eigenvalue weighted by atomic mass is 10.0. The van der Waals surface area contributed by atoms with Crippen LogP contribution < -0.4 is 14.2 Å². The average molecular weight is 571 g/mol. The van der Waals surface area contributed by atoms with Gasteiger partial charge in [0.1, 0.15) is 22.9 Å². The lowest BCUT2D eigenvalue weighted by molar-refractivity contribution is -0.274. The van der Waals surface area contributed by atoms with Gasteiger partial charge in [-0.05, 0) is 67.1 Å². The summed E-state index contributed by atoms with van der Waals surface area (Å²) in [5.74, 6) is -0.349. The molecule has 0 saturated heterocycles. The van der Waals surface area contributed by atoms with E-state index >= 15 is 0 Å². The van der Waals surface area contributed by atoms with Gasteiger partial charge in [-0.15, -0.1) is 13.2 Å². The van der Waals surface area contributed by atoms with Gasteiger partial charge < -0.3 is 28.6 Å². The number of benzene rings is 3. The molecule has 0 fully saturated rings. The van der Waals surface area contributed by atoms with Gasteiger partial charge in [0.15, 0.2) is 19.0 Å². The lowest BCUT2D eigenvalue weighted by Crippen LogP contribution is -2.21. The monoisotopic (exact) mass is 570 g/mol. The Labute approximate surface area is 232 Å². The summed E-state index contributed by atoms with van der Waals surface area (Å²) < 4.78 is 58.8. The molecule has 0 aliphatic rings. The van der Waals surface area contributed by atoms with Gasteiger partial charge in [-0.2, -0.15) is 0 Å². The van der Waals surface area contributed by atoms with Gasteiger partial charge in [0.05, 0.1) is 0 Å². The Morgan fingerprint density at radius 2 is 1.56 bits per heavy atom. The number of amides is 1. The SMILES string of the molecule is Cc1cc(OCc2nc(-c3ccc(C(=O)N(C)C)cc3)c(-c3ccc(OC(F)(F)F)cc3)o2)ccc1OCC(=O)O. The zero-order chi connectivity index (χ0) is 29.7. The Balaban J connectivity index is 1.61. The van der Waals surface area contributed by atoms with Crippen molar-refractivity contribution in [1.29, 1.82) is 0 Å². The van der Waals surface area contributed by atoms with Crippen molar-refractivity contribution < 1.29 is 46.5 Å². The number of carbonyl (C=O) groups is 2. The minimum absolute atomic E-state index is 0.0891. The first kappa shape index (κ1) is 29.0. The number of ether oxygens (including phenoxy) is 3.